The summed E-state index contributed by atoms with van der Waals surface area (Å²) in [6.07, 6.45) is 0.466. The van der Waals surface area contributed by atoms with E-state index in [1.54, 1.807) is 11.0 Å². The monoisotopic (exact) mass is 730 g/mol. The Morgan fingerprint density at radius 2 is 1.79 bits per heavy atom. The highest BCUT2D eigenvalue weighted by molar-refractivity contribution is 5.92. The number of hydrogen-bond donors (Lipinski definition) is 0. The Labute approximate surface area is 307 Å². The molecular weight excluding hydrogens is 685 g/mol. The van der Waals surface area contributed by atoms with Crippen LogP contribution in [0.25, 0.3) is 6.08 Å². The minimum absolute atomic E-state index is 0.0495. The van der Waals surface area contributed by atoms with Crippen LogP contribution in [0, 0.1) is 5.92 Å². The first-order chi connectivity index (χ1) is 25.2. The molecule has 2 bridgehead atoms. The molecule has 8 nitrogen and oxygen atoms in total. The van der Waals surface area contributed by atoms with Crippen molar-refractivity contribution in [2.24, 2.45) is 5.92 Å². The molecule has 1 saturated carbocycles. The van der Waals surface area contributed by atoms with E-state index in [4.69, 9.17) is 14.2 Å². The fraction of sp³-hybridized carbons (Fsp3) is 0.452. The van der Waals surface area contributed by atoms with Crippen LogP contribution < -0.4 is 9.47 Å². The molecule has 280 valence electrons. The van der Waals surface area contributed by atoms with Gasteiger partial charge in [0.05, 0.1) is 23.1 Å². The van der Waals surface area contributed by atoms with Gasteiger partial charge in [0.25, 0.3) is 0 Å². The Morgan fingerprint density at radius 1 is 1.02 bits per heavy atom. The van der Waals surface area contributed by atoms with Gasteiger partial charge >= 0.3 is 18.1 Å². The van der Waals surface area contributed by atoms with E-state index in [-0.39, 0.29) is 29.2 Å². The zero-order chi connectivity index (χ0) is 37.7. The lowest BCUT2D eigenvalue weighted by molar-refractivity contribution is -0.224. The molecule has 3 aromatic carbocycles. The second-order valence-electron chi connectivity index (χ2n) is 15.2. The largest absolute Gasteiger partial charge is 0.483 e. The summed E-state index contributed by atoms with van der Waals surface area (Å²) in [5, 5.41) is 0. The maximum atomic E-state index is 14.3. The quantitative estimate of drug-likeness (QED) is 0.124. The molecule has 7 rings (SSSR count). The summed E-state index contributed by atoms with van der Waals surface area (Å²) >= 11 is 0. The van der Waals surface area contributed by atoms with Crippen LogP contribution in [-0.4, -0.2) is 71.1 Å². The SMILES string of the molecule is CC(=O)Oc1ccc2c3c1OC1C(N(CC(C)C)C(=O)C=Cc4cccc(C(F)(F)F)c4)CC[C@@]4(OC(C)=O)[C@@H](C2)N(CCc2ccccc2)CC[C@]314. The van der Waals surface area contributed by atoms with E-state index in [1.165, 1.54) is 43.7 Å². The lowest BCUT2D eigenvalue weighted by atomic mass is 9.48. The highest BCUT2D eigenvalue weighted by Crippen LogP contribution is 2.67. The molecule has 1 saturated heterocycles. The van der Waals surface area contributed by atoms with Crippen LogP contribution in [0.15, 0.2) is 72.8 Å². The number of carbonyl (C=O) groups is 3. The summed E-state index contributed by atoms with van der Waals surface area (Å²) in [7, 11) is 0. The van der Waals surface area contributed by atoms with Gasteiger partial charge in [-0.05, 0) is 85.5 Å². The Hall–Kier alpha value is -4.64. The van der Waals surface area contributed by atoms with Crippen molar-refractivity contribution in [2.75, 3.05) is 19.6 Å². The summed E-state index contributed by atoms with van der Waals surface area (Å²) < 4.78 is 59.7. The summed E-state index contributed by atoms with van der Waals surface area (Å²) in [6.45, 7) is 8.59. The average molecular weight is 731 g/mol. The van der Waals surface area contributed by atoms with E-state index in [2.05, 4.69) is 17.0 Å². The number of alkyl halides is 3. The van der Waals surface area contributed by atoms with Crippen molar-refractivity contribution in [3.63, 3.8) is 0 Å². The van der Waals surface area contributed by atoms with Crippen LogP contribution in [0.5, 0.6) is 11.5 Å². The standard InChI is InChI=1S/C42H45F3N2O6/c1-26(2)25-47(36(50)16-13-30-11-8-12-32(23-30)42(43,44)45)33-17-19-41(53-28(4)49)35-24-31-14-15-34(51-27(3)48)38-37(31)40(41,39(33)52-38)20-22-46(35)21-18-29-9-6-5-7-10-29/h5-16,23,26,33,35,39H,17-22,24-25H2,1-4H3/t33?,35-,39?,40+,41-/m1/s1. The van der Waals surface area contributed by atoms with Gasteiger partial charge in [-0.3, -0.25) is 19.3 Å². The number of rotatable bonds is 10. The fourth-order valence-electron chi connectivity index (χ4n) is 9.63. The third kappa shape index (κ3) is 6.51. The molecule has 2 fully saturated rings. The van der Waals surface area contributed by atoms with E-state index in [0.717, 1.165) is 36.2 Å². The Kier molecular flexibility index (Phi) is 9.68. The van der Waals surface area contributed by atoms with Gasteiger partial charge < -0.3 is 19.1 Å². The Balaban J connectivity index is 1.31. The molecule has 1 spiro atoms. The zero-order valence-corrected chi connectivity index (χ0v) is 30.4. The zero-order valence-electron chi connectivity index (χ0n) is 30.4. The highest BCUT2D eigenvalue weighted by atomic mass is 19.4. The van der Waals surface area contributed by atoms with Gasteiger partial charge in [0.15, 0.2) is 11.5 Å². The van der Waals surface area contributed by atoms with E-state index in [0.29, 0.717) is 44.5 Å². The number of likely N-dealkylation sites (tertiary alicyclic amines) is 1. The first-order valence-electron chi connectivity index (χ1n) is 18.4. The van der Waals surface area contributed by atoms with Gasteiger partial charge in [-0.2, -0.15) is 13.2 Å². The number of ether oxygens (including phenoxy) is 3. The Morgan fingerprint density at radius 3 is 2.49 bits per heavy atom. The first-order valence-corrected chi connectivity index (χ1v) is 18.4. The average Bonchev–Trinajstić information content (AvgIpc) is 3.46. The highest BCUT2D eigenvalue weighted by Gasteiger charge is 2.75. The van der Waals surface area contributed by atoms with Crippen LogP contribution in [0.2, 0.25) is 0 Å². The van der Waals surface area contributed by atoms with Crippen molar-refractivity contribution >= 4 is 23.9 Å². The summed E-state index contributed by atoms with van der Waals surface area (Å²) in [5.41, 5.74) is 0.720. The molecule has 53 heavy (non-hydrogen) atoms. The topological polar surface area (TPSA) is 85.4 Å². The predicted octanol–water partition coefficient (Wildman–Crippen LogP) is 7.16. The van der Waals surface area contributed by atoms with Crippen molar-refractivity contribution in [1.29, 1.82) is 0 Å². The van der Waals surface area contributed by atoms with Gasteiger partial charge in [-0.15, -0.1) is 0 Å². The number of nitrogens with zero attached hydrogens (tertiary/aromatic N) is 2. The number of carbonyl (C=O) groups excluding carboxylic acids is 3. The van der Waals surface area contributed by atoms with Crippen LogP contribution >= 0.6 is 0 Å². The van der Waals surface area contributed by atoms with Crippen LogP contribution in [0.1, 0.15) is 74.8 Å². The van der Waals surface area contributed by atoms with Crippen LogP contribution in [0.4, 0.5) is 13.2 Å². The normalized spacial score (nSPS) is 25.8. The van der Waals surface area contributed by atoms with Crippen molar-refractivity contribution < 1.29 is 41.8 Å². The molecule has 0 N–H and O–H groups in total. The third-order valence-electron chi connectivity index (χ3n) is 11.5. The summed E-state index contributed by atoms with van der Waals surface area (Å²) in [5.74, 6) is -0.478. The van der Waals surface area contributed by atoms with Crippen molar-refractivity contribution in [3.8, 4) is 11.5 Å². The van der Waals surface area contributed by atoms with E-state index in [1.807, 2.05) is 38.1 Å². The van der Waals surface area contributed by atoms with Crippen molar-refractivity contribution in [2.45, 2.75) is 95.2 Å². The van der Waals surface area contributed by atoms with Gasteiger partial charge in [0.1, 0.15) is 11.7 Å². The predicted molar refractivity (Wildman–Crippen MR) is 192 cm³/mol. The number of esters is 2. The van der Waals surface area contributed by atoms with E-state index >= 15 is 0 Å². The number of piperidine rings is 1. The van der Waals surface area contributed by atoms with E-state index < -0.39 is 46.8 Å². The van der Waals surface area contributed by atoms with Crippen LogP contribution in [-0.2, 0) is 43.6 Å². The number of halogens is 3. The maximum Gasteiger partial charge on any atom is 0.416 e. The Bertz CT molecular complexity index is 1930. The molecule has 2 aliphatic heterocycles. The second-order valence-corrected chi connectivity index (χ2v) is 15.2. The van der Waals surface area contributed by atoms with Crippen LogP contribution in [0.3, 0.4) is 0 Å². The first kappa shape index (κ1) is 36.7. The molecule has 2 unspecified atom stereocenters. The second kappa shape index (κ2) is 14.0. The maximum absolute atomic E-state index is 14.3. The fourth-order valence-corrected chi connectivity index (χ4v) is 9.63. The van der Waals surface area contributed by atoms with Gasteiger partial charge in [-0.1, -0.05) is 62.4 Å². The number of amides is 1. The van der Waals surface area contributed by atoms with Crippen molar-refractivity contribution in [3.05, 3.63) is 101 Å². The van der Waals surface area contributed by atoms with Gasteiger partial charge in [0.2, 0.25) is 5.91 Å². The molecule has 0 radical (unpaired) electrons. The molecule has 1 amide bonds. The number of hydrogen-bond acceptors (Lipinski definition) is 7. The minimum atomic E-state index is -4.51. The molecule has 0 aromatic heterocycles. The van der Waals surface area contributed by atoms with E-state index in [9.17, 15) is 27.6 Å². The number of benzene rings is 3. The molecule has 3 aromatic rings. The lowest BCUT2D eigenvalue weighted by Gasteiger charge is -2.65. The minimum Gasteiger partial charge on any atom is -0.483 e. The lowest BCUT2D eigenvalue weighted by Crippen LogP contribution is -2.79. The molecular formula is C42H45F3N2O6. The molecule has 11 heteroatoms. The molecule has 4 aliphatic rings. The summed E-state index contributed by atoms with van der Waals surface area (Å²) in [6, 6.07) is 18.2. The summed E-state index contributed by atoms with van der Waals surface area (Å²) in [4.78, 5) is 44.0. The third-order valence-corrected chi connectivity index (χ3v) is 11.5. The van der Waals surface area contributed by atoms with Gasteiger partial charge in [0, 0.05) is 38.6 Å². The smallest absolute Gasteiger partial charge is 0.416 e. The molecule has 2 heterocycles. The molecule has 2 aliphatic carbocycles. The van der Waals surface area contributed by atoms with Crippen molar-refractivity contribution in [1.82, 2.24) is 9.80 Å². The van der Waals surface area contributed by atoms with Gasteiger partial charge in [-0.25, -0.2) is 0 Å². The molecule has 5 atom stereocenters.